The summed E-state index contributed by atoms with van der Waals surface area (Å²) in [6.07, 6.45) is 3.99. The van der Waals surface area contributed by atoms with Gasteiger partial charge in [0.25, 0.3) is 0 Å². The van der Waals surface area contributed by atoms with Gasteiger partial charge in [0.05, 0.1) is 28.4 Å². The fourth-order valence-electron chi connectivity index (χ4n) is 7.65. The van der Waals surface area contributed by atoms with E-state index >= 15 is 0 Å². The van der Waals surface area contributed by atoms with Gasteiger partial charge in [-0.25, -0.2) is 0 Å². The van der Waals surface area contributed by atoms with Gasteiger partial charge in [-0.3, -0.25) is 9.97 Å². The van der Waals surface area contributed by atoms with Gasteiger partial charge < -0.3 is 0 Å². The van der Waals surface area contributed by atoms with Gasteiger partial charge in [0.15, 0.2) is 0 Å². The Labute approximate surface area is 285 Å². The van der Waals surface area contributed by atoms with Crippen molar-refractivity contribution in [3.05, 3.63) is 204 Å². The molecule has 0 saturated carbocycles. The molecule has 2 heterocycles. The molecule has 3 heteroatoms. The summed E-state index contributed by atoms with van der Waals surface area (Å²) in [5.74, 6) is 0. The predicted octanol–water partition coefficient (Wildman–Crippen LogP) is 10.9. The minimum Gasteiger partial charge on any atom is -0.254 e. The van der Waals surface area contributed by atoms with E-state index in [0.717, 1.165) is 66.7 Å². The number of benzene rings is 6. The van der Waals surface area contributed by atoms with Gasteiger partial charge in [-0.05, 0) is 68.4 Å². The molecular weight excluding hydrogens is 595 g/mol. The van der Waals surface area contributed by atoms with E-state index in [1.54, 1.807) is 0 Å². The molecule has 228 valence electrons. The molecule has 0 N–H and O–H groups in total. The molecule has 0 radical (unpaired) electrons. The third-order valence-corrected chi connectivity index (χ3v) is 9.89. The smallest absolute Gasteiger partial charge is 0.0991 e. The summed E-state index contributed by atoms with van der Waals surface area (Å²) in [5.41, 5.74) is 13.0. The van der Waals surface area contributed by atoms with E-state index in [0.29, 0.717) is 5.56 Å². The highest BCUT2D eigenvalue weighted by molar-refractivity contribution is 6.05. The van der Waals surface area contributed by atoms with Gasteiger partial charge in [-0.15, -0.1) is 0 Å². The lowest BCUT2D eigenvalue weighted by Crippen LogP contribution is -2.28. The second-order valence-electron chi connectivity index (χ2n) is 12.5. The Kier molecular flexibility index (Phi) is 6.74. The van der Waals surface area contributed by atoms with Crippen LogP contribution in [0.2, 0.25) is 0 Å². The van der Waals surface area contributed by atoms with Crippen molar-refractivity contribution in [2.24, 2.45) is 0 Å². The second-order valence-corrected chi connectivity index (χ2v) is 12.5. The zero-order valence-electron chi connectivity index (χ0n) is 26.6. The molecule has 0 spiro atoms. The van der Waals surface area contributed by atoms with Crippen molar-refractivity contribution in [3.8, 4) is 50.8 Å². The summed E-state index contributed by atoms with van der Waals surface area (Å²) in [6, 6.07) is 59.7. The van der Waals surface area contributed by atoms with E-state index in [1.165, 1.54) is 11.1 Å². The SMILES string of the molecule is N#Cc1ccc(-c2ccc(-c3cnc4c(c3)C(c3ccccc3)(c3ccccc3)c3cc(-c5ccccc5)cnc3-4)c3ccccc23)cc1. The van der Waals surface area contributed by atoms with E-state index in [-0.39, 0.29) is 0 Å². The monoisotopic (exact) mass is 623 g/mol. The van der Waals surface area contributed by atoms with Crippen LogP contribution in [0.4, 0.5) is 0 Å². The molecule has 0 fully saturated rings. The van der Waals surface area contributed by atoms with Crippen LogP contribution < -0.4 is 0 Å². The van der Waals surface area contributed by atoms with Gasteiger partial charge in [0.2, 0.25) is 0 Å². The van der Waals surface area contributed by atoms with Crippen LogP contribution in [0.15, 0.2) is 176 Å². The number of rotatable bonds is 5. The van der Waals surface area contributed by atoms with Crippen LogP contribution in [-0.4, -0.2) is 9.97 Å². The van der Waals surface area contributed by atoms with Crippen molar-refractivity contribution in [3.63, 3.8) is 0 Å². The lowest BCUT2D eigenvalue weighted by molar-refractivity contribution is 0.765. The van der Waals surface area contributed by atoms with Crippen LogP contribution in [0, 0.1) is 11.3 Å². The topological polar surface area (TPSA) is 49.6 Å². The Hall–Kier alpha value is -6.63. The number of pyridine rings is 2. The van der Waals surface area contributed by atoms with E-state index in [9.17, 15) is 5.26 Å². The average Bonchev–Trinajstić information content (AvgIpc) is 3.48. The van der Waals surface area contributed by atoms with E-state index in [1.807, 2.05) is 42.7 Å². The maximum absolute atomic E-state index is 9.35. The van der Waals surface area contributed by atoms with Gasteiger partial charge in [0.1, 0.15) is 0 Å². The zero-order valence-corrected chi connectivity index (χ0v) is 26.6. The molecule has 49 heavy (non-hydrogen) atoms. The largest absolute Gasteiger partial charge is 0.254 e. The maximum atomic E-state index is 9.35. The Bertz CT molecular complexity index is 2490. The van der Waals surface area contributed by atoms with Crippen LogP contribution in [0.5, 0.6) is 0 Å². The Morgan fingerprint density at radius 2 is 0.898 bits per heavy atom. The van der Waals surface area contributed by atoms with Gasteiger partial charge in [-0.2, -0.15) is 5.26 Å². The molecule has 0 bridgehead atoms. The number of hydrogen-bond acceptors (Lipinski definition) is 3. The Morgan fingerprint density at radius 1 is 0.429 bits per heavy atom. The van der Waals surface area contributed by atoms with Gasteiger partial charge in [-0.1, -0.05) is 140 Å². The minimum absolute atomic E-state index is 0.633. The number of fused-ring (bicyclic) bond motifs is 4. The highest BCUT2D eigenvalue weighted by atomic mass is 14.8. The highest BCUT2D eigenvalue weighted by Gasteiger charge is 2.48. The third kappa shape index (κ3) is 4.50. The first kappa shape index (κ1) is 28.6. The standard InChI is InChI=1S/C46H29N3/c47-28-31-20-22-33(23-21-31)38-24-25-39(41-19-11-10-18-40(38)41)35-27-43-45(49-30-35)44-42(26-34(29-48-44)32-12-4-1-5-13-32)46(43,36-14-6-2-7-15-36)37-16-8-3-9-17-37/h1-27,29-30H. The lowest BCUT2D eigenvalue weighted by atomic mass is 9.67. The minimum atomic E-state index is -0.633. The summed E-state index contributed by atoms with van der Waals surface area (Å²) in [6.45, 7) is 0. The molecule has 8 aromatic rings. The molecule has 2 aromatic heterocycles. The van der Waals surface area contributed by atoms with Crippen LogP contribution in [-0.2, 0) is 5.41 Å². The second kappa shape index (κ2) is 11.6. The molecule has 0 aliphatic heterocycles. The molecule has 0 amide bonds. The molecule has 0 unspecified atom stereocenters. The van der Waals surface area contributed by atoms with Crippen LogP contribution in [0.25, 0.3) is 55.5 Å². The summed E-state index contributed by atoms with van der Waals surface area (Å²) >= 11 is 0. The lowest BCUT2D eigenvalue weighted by Gasteiger charge is -2.33. The van der Waals surface area contributed by atoms with Gasteiger partial charge in [0, 0.05) is 34.6 Å². The fourth-order valence-corrected chi connectivity index (χ4v) is 7.65. The van der Waals surface area contributed by atoms with Crippen molar-refractivity contribution in [1.82, 2.24) is 9.97 Å². The normalized spacial score (nSPS) is 12.6. The molecule has 3 nitrogen and oxygen atoms in total. The van der Waals surface area contributed by atoms with Crippen molar-refractivity contribution >= 4 is 10.8 Å². The van der Waals surface area contributed by atoms with Crippen LogP contribution in [0.1, 0.15) is 27.8 Å². The molecule has 9 rings (SSSR count). The maximum Gasteiger partial charge on any atom is 0.0991 e. The van der Waals surface area contributed by atoms with E-state index in [2.05, 4.69) is 140 Å². The summed E-state index contributed by atoms with van der Waals surface area (Å²) < 4.78 is 0. The first-order valence-electron chi connectivity index (χ1n) is 16.5. The number of nitriles is 1. The predicted molar refractivity (Wildman–Crippen MR) is 198 cm³/mol. The van der Waals surface area contributed by atoms with E-state index < -0.39 is 5.41 Å². The average molecular weight is 624 g/mol. The number of aromatic nitrogens is 2. The van der Waals surface area contributed by atoms with Crippen LogP contribution in [0.3, 0.4) is 0 Å². The van der Waals surface area contributed by atoms with Crippen molar-refractivity contribution < 1.29 is 0 Å². The summed E-state index contributed by atoms with van der Waals surface area (Å²) in [4.78, 5) is 10.4. The Balaban J connectivity index is 1.31. The van der Waals surface area contributed by atoms with E-state index in [4.69, 9.17) is 9.97 Å². The number of nitrogens with zero attached hydrogens (tertiary/aromatic N) is 3. The first-order valence-corrected chi connectivity index (χ1v) is 16.5. The third-order valence-electron chi connectivity index (χ3n) is 9.89. The van der Waals surface area contributed by atoms with Gasteiger partial charge >= 0.3 is 0 Å². The summed E-state index contributed by atoms with van der Waals surface area (Å²) in [5, 5.41) is 11.6. The molecule has 0 atom stereocenters. The number of hydrogen-bond donors (Lipinski definition) is 0. The molecule has 0 saturated heterocycles. The molecule has 6 aromatic carbocycles. The molecule has 1 aliphatic rings. The highest BCUT2D eigenvalue weighted by Crippen LogP contribution is 2.56. The van der Waals surface area contributed by atoms with Crippen molar-refractivity contribution in [1.29, 1.82) is 5.26 Å². The first-order chi connectivity index (χ1) is 24.3. The molecule has 1 aliphatic carbocycles. The van der Waals surface area contributed by atoms with Crippen LogP contribution >= 0.6 is 0 Å². The zero-order chi connectivity index (χ0) is 32.8. The van der Waals surface area contributed by atoms with Crippen molar-refractivity contribution in [2.75, 3.05) is 0 Å². The Morgan fingerprint density at radius 3 is 1.45 bits per heavy atom. The summed E-state index contributed by atoms with van der Waals surface area (Å²) in [7, 11) is 0. The fraction of sp³-hybridized carbons (Fsp3) is 0.0217. The molecular formula is C46H29N3. The quantitative estimate of drug-likeness (QED) is 0.192. The van der Waals surface area contributed by atoms with Crippen molar-refractivity contribution in [2.45, 2.75) is 5.41 Å².